The first-order chi connectivity index (χ1) is 13.2. The maximum absolute atomic E-state index is 13.5. The SMILES string of the molecule is COc1ccc(/C=C(/C#N)c2cccc(F)c2)cc1OCc1ccccc1. The van der Waals surface area contributed by atoms with Crippen LogP contribution in [0.15, 0.2) is 72.8 Å². The predicted molar refractivity (Wildman–Crippen MR) is 104 cm³/mol. The van der Waals surface area contributed by atoms with Crippen molar-refractivity contribution in [1.29, 1.82) is 5.26 Å². The third-order valence-corrected chi connectivity index (χ3v) is 3.99. The van der Waals surface area contributed by atoms with Crippen molar-refractivity contribution in [1.82, 2.24) is 0 Å². The summed E-state index contributed by atoms with van der Waals surface area (Å²) in [6.45, 7) is 0.402. The summed E-state index contributed by atoms with van der Waals surface area (Å²) in [7, 11) is 1.58. The van der Waals surface area contributed by atoms with Gasteiger partial charge in [0.25, 0.3) is 0 Å². The van der Waals surface area contributed by atoms with E-state index in [4.69, 9.17) is 9.47 Å². The molecular weight excluding hydrogens is 341 g/mol. The number of hydrogen-bond donors (Lipinski definition) is 0. The summed E-state index contributed by atoms with van der Waals surface area (Å²) in [6.07, 6.45) is 1.70. The molecule has 0 aromatic heterocycles. The lowest BCUT2D eigenvalue weighted by Gasteiger charge is -2.12. The van der Waals surface area contributed by atoms with Gasteiger partial charge in [-0.05, 0) is 47.0 Å². The highest BCUT2D eigenvalue weighted by Gasteiger charge is 2.08. The largest absolute Gasteiger partial charge is 0.493 e. The molecule has 4 heteroatoms. The van der Waals surface area contributed by atoms with Gasteiger partial charge in [-0.2, -0.15) is 5.26 Å². The normalized spacial score (nSPS) is 10.9. The van der Waals surface area contributed by atoms with Crippen LogP contribution in [0.2, 0.25) is 0 Å². The van der Waals surface area contributed by atoms with Crippen molar-refractivity contribution in [2.24, 2.45) is 0 Å². The minimum Gasteiger partial charge on any atom is -0.493 e. The molecule has 0 aliphatic heterocycles. The fourth-order valence-electron chi connectivity index (χ4n) is 2.63. The molecule has 0 bridgehead atoms. The maximum atomic E-state index is 13.5. The van der Waals surface area contributed by atoms with E-state index in [2.05, 4.69) is 6.07 Å². The summed E-state index contributed by atoms with van der Waals surface area (Å²) in [6, 6.07) is 23.3. The molecule has 3 rings (SSSR count). The summed E-state index contributed by atoms with van der Waals surface area (Å²) in [5, 5.41) is 9.46. The molecule has 0 fully saturated rings. The second-order valence-corrected chi connectivity index (χ2v) is 5.86. The molecule has 0 N–H and O–H groups in total. The van der Waals surface area contributed by atoms with Crippen molar-refractivity contribution in [3.05, 3.63) is 95.3 Å². The monoisotopic (exact) mass is 359 g/mol. The second-order valence-electron chi connectivity index (χ2n) is 5.86. The van der Waals surface area contributed by atoms with E-state index >= 15 is 0 Å². The van der Waals surface area contributed by atoms with Gasteiger partial charge in [-0.3, -0.25) is 0 Å². The Morgan fingerprint density at radius 3 is 2.52 bits per heavy atom. The molecule has 134 valence electrons. The molecule has 0 unspecified atom stereocenters. The number of nitrogens with zero attached hydrogens (tertiary/aromatic N) is 1. The molecule has 27 heavy (non-hydrogen) atoms. The van der Waals surface area contributed by atoms with Gasteiger partial charge in [-0.25, -0.2) is 4.39 Å². The molecule has 0 heterocycles. The van der Waals surface area contributed by atoms with Gasteiger partial charge in [0.1, 0.15) is 12.4 Å². The van der Waals surface area contributed by atoms with Crippen LogP contribution in [-0.2, 0) is 6.61 Å². The van der Waals surface area contributed by atoms with E-state index in [-0.39, 0.29) is 5.82 Å². The standard InChI is InChI=1S/C23H18FNO2/c1-26-22-11-10-18(12-20(15-25)19-8-5-9-21(24)14-19)13-23(22)27-16-17-6-3-2-4-7-17/h2-14H,16H2,1H3/b20-12-. The lowest BCUT2D eigenvalue weighted by Crippen LogP contribution is -1.98. The van der Waals surface area contributed by atoms with Crippen molar-refractivity contribution < 1.29 is 13.9 Å². The van der Waals surface area contributed by atoms with Gasteiger partial charge in [0.15, 0.2) is 11.5 Å². The molecule has 0 radical (unpaired) electrons. The zero-order valence-corrected chi connectivity index (χ0v) is 14.9. The van der Waals surface area contributed by atoms with E-state index in [1.807, 2.05) is 36.4 Å². The number of hydrogen-bond acceptors (Lipinski definition) is 3. The van der Waals surface area contributed by atoms with E-state index in [1.165, 1.54) is 12.1 Å². The quantitative estimate of drug-likeness (QED) is 0.432. The Bertz CT molecular complexity index is 991. The van der Waals surface area contributed by atoms with Crippen LogP contribution in [0.25, 0.3) is 11.6 Å². The molecule has 3 aromatic rings. The lowest BCUT2D eigenvalue weighted by atomic mass is 10.0. The third kappa shape index (κ3) is 4.74. The van der Waals surface area contributed by atoms with Crippen molar-refractivity contribution in [3.63, 3.8) is 0 Å². The Morgan fingerprint density at radius 1 is 1.00 bits per heavy atom. The Labute approximate surface area is 157 Å². The number of nitriles is 1. The third-order valence-electron chi connectivity index (χ3n) is 3.99. The van der Waals surface area contributed by atoms with Crippen LogP contribution in [-0.4, -0.2) is 7.11 Å². The minimum atomic E-state index is -0.379. The number of halogens is 1. The van der Waals surface area contributed by atoms with Gasteiger partial charge in [-0.1, -0.05) is 48.5 Å². The zero-order chi connectivity index (χ0) is 19.1. The highest BCUT2D eigenvalue weighted by Crippen LogP contribution is 2.30. The van der Waals surface area contributed by atoms with Gasteiger partial charge in [0.05, 0.1) is 18.8 Å². The first kappa shape index (κ1) is 18.2. The van der Waals surface area contributed by atoms with E-state index in [0.717, 1.165) is 11.1 Å². The van der Waals surface area contributed by atoms with Gasteiger partial charge in [0.2, 0.25) is 0 Å². The van der Waals surface area contributed by atoms with Crippen LogP contribution < -0.4 is 9.47 Å². The first-order valence-electron chi connectivity index (χ1n) is 8.42. The number of ether oxygens (including phenoxy) is 2. The molecule has 3 aromatic carbocycles. The summed E-state index contributed by atoms with van der Waals surface area (Å²) >= 11 is 0. The van der Waals surface area contributed by atoms with E-state index in [9.17, 15) is 9.65 Å². The van der Waals surface area contributed by atoms with Crippen molar-refractivity contribution in [2.75, 3.05) is 7.11 Å². The summed E-state index contributed by atoms with van der Waals surface area (Å²) in [5.74, 6) is 0.800. The van der Waals surface area contributed by atoms with Crippen LogP contribution in [0.5, 0.6) is 11.5 Å². The second kappa shape index (κ2) is 8.68. The van der Waals surface area contributed by atoms with E-state index in [0.29, 0.717) is 29.2 Å². The lowest BCUT2D eigenvalue weighted by molar-refractivity contribution is 0.284. The molecule has 0 saturated carbocycles. The number of benzene rings is 3. The van der Waals surface area contributed by atoms with Gasteiger partial charge in [0, 0.05) is 0 Å². The summed E-state index contributed by atoms with van der Waals surface area (Å²) in [4.78, 5) is 0. The first-order valence-corrected chi connectivity index (χ1v) is 8.42. The molecule has 0 atom stereocenters. The number of allylic oxidation sites excluding steroid dienone is 1. The smallest absolute Gasteiger partial charge is 0.162 e. The molecule has 0 spiro atoms. The minimum absolute atomic E-state index is 0.369. The van der Waals surface area contributed by atoms with Crippen LogP contribution in [0.1, 0.15) is 16.7 Å². The molecule has 0 saturated heterocycles. The Hall–Kier alpha value is -3.58. The molecular formula is C23H18FNO2. The topological polar surface area (TPSA) is 42.2 Å². The summed E-state index contributed by atoms with van der Waals surface area (Å²) < 4.78 is 24.7. The summed E-state index contributed by atoms with van der Waals surface area (Å²) in [5.41, 5.74) is 2.70. The van der Waals surface area contributed by atoms with Crippen molar-refractivity contribution >= 4 is 11.6 Å². The van der Waals surface area contributed by atoms with Gasteiger partial charge < -0.3 is 9.47 Å². The number of methoxy groups -OCH3 is 1. The molecule has 0 aliphatic carbocycles. The van der Waals surface area contributed by atoms with Gasteiger partial charge >= 0.3 is 0 Å². The van der Waals surface area contributed by atoms with Crippen LogP contribution in [0.3, 0.4) is 0 Å². The Morgan fingerprint density at radius 2 is 1.81 bits per heavy atom. The highest BCUT2D eigenvalue weighted by molar-refractivity contribution is 5.89. The fourth-order valence-corrected chi connectivity index (χ4v) is 2.63. The average Bonchev–Trinajstić information content (AvgIpc) is 2.71. The van der Waals surface area contributed by atoms with E-state index < -0.39 is 0 Å². The predicted octanol–water partition coefficient (Wildman–Crippen LogP) is 5.48. The Kier molecular flexibility index (Phi) is 5.86. The average molecular weight is 359 g/mol. The molecule has 0 amide bonds. The Balaban J connectivity index is 1.88. The van der Waals surface area contributed by atoms with Crippen molar-refractivity contribution in [3.8, 4) is 17.6 Å². The van der Waals surface area contributed by atoms with Crippen molar-refractivity contribution in [2.45, 2.75) is 6.61 Å². The van der Waals surface area contributed by atoms with Crippen LogP contribution in [0, 0.1) is 17.1 Å². The number of rotatable bonds is 6. The van der Waals surface area contributed by atoms with Gasteiger partial charge in [-0.15, -0.1) is 0 Å². The molecule has 3 nitrogen and oxygen atoms in total. The molecule has 0 aliphatic rings. The highest BCUT2D eigenvalue weighted by atomic mass is 19.1. The van der Waals surface area contributed by atoms with E-state index in [1.54, 1.807) is 37.5 Å². The maximum Gasteiger partial charge on any atom is 0.162 e. The van der Waals surface area contributed by atoms with Crippen LogP contribution >= 0.6 is 0 Å². The fraction of sp³-hybridized carbons (Fsp3) is 0.0870. The zero-order valence-electron chi connectivity index (χ0n) is 14.9. The van der Waals surface area contributed by atoms with Crippen LogP contribution in [0.4, 0.5) is 4.39 Å².